The van der Waals surface area contributed by atoms with Gasteiger partial charge in [-0.05, 0) is 43.7 Å². The van der Waals surface area contributed by atoms with Crippen molar-refractivity contribution in [3.05, 3.63) is 59.9 Å². The van der Waals surface area contributed by atoms with E-state index < -0.39 is 48.6 Å². The van der Waals surface area contributed by atoms with Gasteiger partial charge in [-0.3, -0.25) is 4.79 Å². The molecule has 2 atom stereocenters. The average Bonchev–Trinajstić information content (AvgIpc) is 2.60. The van der Waals surface area contributed by atoms with E-state index in [2.05, 4.69) is 10.0 Å². The molecule has 0 aliphatic heterocycles. The summed E-state index contributed by atoms with van der Waals surface area (Å²) in [6, 6.07) is 9.20. The van der Waals surface area contributed by atoms with Crippen LogP contribution in [0.1, 0.15) is 25.5 Å². The number of nitrogens with one attached hydrogen (secondary N) is 2. The maximum atomic E-state index is 13.7. The average molecular weight is 429 g/mol. The third kappa shape index (κ3) is 5.37. The van der Waals surface area contributed by atoms with Crippen LogP contribution < -0.4 is 10.0 Å². The van der Waals surface area contributed by atoms with E-state index in [0.29, 0.717) is 5.56 Å². The molecule has 10 heteroatoms. The maximum absolute atomic E-state index is 13.7. The van der Waals surface area contributed by atoms with E-state index in [4.69, 9.17) is 0 Å². The van der Waals surface area contributed by atoms with Gasteiger partial charge in [-0.2, -0.15) is 4.72 Å². The number of amides is 1. The second-order valence-corrected chi connectivity index (χ2v) is 10.0. The number of hydrogen-bond acceptors (Lipinski definition) is 5. The number of carbonyl (C=O) groups excluding carboxylic acids is 1. The molecule has 1 unspecified atom stereocenters. The molecule has 2 N–H and O–H groups in total. The van der Waals surface area contributed by atoms with E-state index in [0.717, 1.165) is 18.4 Å². The highest BCUT2D eigenvalue weighted by atomic mass is 32.2. The molecule has 0 saturated carbocycles. The van der Waals surface area contributed by atoms with E-state index in [9.17, 15) is 26.0 Å². The minimum Gasteiger partial charge on any atom is -0.348 e. The van der Waals surface area contributed by atoms with Crippen molar-refractivity contribution in [3.8, 4) is 0 Å². The fourth-order valence-corrected chi connectivity index (χ4v) is 4.35. The van der Waals surface area contributed by atoms with Gasteiger partial charge in [0.05, 0.1) is 17.0 Å². The minimum absolute atomic E-state index is 0.154. The van der Waals surface area contributed by atoms with Gasteiger partial charge < -0.3 is 5.32 Å². The molecule has 2 aromatic rings. The van der Waals surface area contributed by atoms with Crippen molar-refractivity contribution in [1.82, 2.24) is 10.0 Å². The summed E-state index contributed by atoms with van der Waals surface area (Å²) < 4.78 is 63.4. The van der Waals surface area contributed by atoms with Gasteiger partial charge in [0.15, 0.2) is 9.84 Å². The van der Waals surface area contributed by atoms with Crippen molar-refractivity contribution in [2.24, 2.45) is 0 Å². The number of sulfone groups is 1. The Balaban J connectivity index is 2.06. The lowest BCUT2D eigenvalue weighted by molar-refractivity contribution is -0.123. The van der Waals surface area contributed by atoms with Gasteiger partial charge in [-0.25, -0.2) is 21.2 Å². The Kier molecular flexibility index (Phi) is 6.58. The summed E-state index contributed by atoms with van der Waals surface area (Å²) in [5.74, 6) is -1.53. The number of rotatable bonds is 7. The van der Waals surface area contributed by atoms with Gasteiger partial charge in [0.1, 0.15) is 10.7 Å². The molecule has 28 heavy (non-hydrogen) atoms. The Labute approximate surface area is 163 Å². The largest absolute Gasteiger partial charge is 0.348 e. The molecule has 7 nitrogen and oxygen atoms in total. The normalized spacial score (nSPS) is 14.3. The molecule has 1 amide bonds. The molecular formula is C18H21FN2O5S2. The second-order valence-electron chi connectivity index (χ2n) is 6.34. The summed E-state index contributed by atoms with van der Waals surface area (Å²) in [5.41, 5.74) is 0.643. The quantitative estimate of drug-likeness (QED) is 0.699. The first-order valence-corrected chi connectivity index (χ1v) is 11.7. The number of sulfonamides is 1. The predicted octanol–water partition coefficient (Wildman–Crippen LogP) is 1.77. The standard InChI is InChI=1S/C18H21FN2O5S2/c1-12(14-8-10-15(11-9-14)27(3,23)24)20-18(22)13(2)21-28(25,26)17-7-5-4-6-16(17)19/h4-13,21H,1-3H3,(H,20,22)/t12?,13-/m0/s1. The maximum Gasteiger partial charge on any atom is 0.244 e. The third-order valence-corrected chi connectivity index (χ3v) is 6.72. The first-order chi connectivity index (χ1) is 12.9. The molecule has 2 aromatic carbocycles. The van der Waals surface area contributed by atoms with Crippen LogP contribution in [-0.4, -0.2) is 35.0 Å². The SMILES string of the molecule is CC(NC(=O)[C@H](C)NS(=O)(=O)c1ccccc1F)c1ccc(S(C)(=O)=O)cc1. The zero-order valence-electron chi connectivity index (χ0n) is 15.5. The van der Waals surface area contributed by atoms with E-state index >= 15 is 0 Å². The minimum atomic E-state index is -4.21. The van der Waals surface area contributed by atoms with Crippen molar-refractivity contribution < 1.29 is 26.0 Å². The number of halogens is 1. The van der Waals surface area contributed by atoms with Gasteiger partial charge in [0, 0.05) is 6.26 Å². The molecule has 0 fully saturated rings. The molecule has 0 saturated heterocycles. The zero-order chi connectivity index (χ0) is 21.1. The van der Waals surface area contributed by atoms with Crippen molar-refractivity contribution in [2.75, 3.05) is 6.26 Å². The Hall–Kier alpha value is -2.30. The van der Waals surface area contributed by atoms with E-state index in [1.165, 1.54) is 31.2 Å². The van der Waals surface area contributed by atoms with Crippen LogP contribution in [0.15, 0.2) is 58.3 Å². The summed E-state index contributed by atoms with van der Waals surface area (Å²) in [6.07, 6.45) is 1.09. The number of benzene rings is 2. The van der Waals surface area contributed by atoms with Gasteiger partial charge in [0.25, 0.3) is 0 Å². The van der Waals surface area contributed by atoms with Gasteiger partial charge in [-0.1, -0.05) is 24.3 Å². The molecular weight excluding hydrogens is 407 g/mol. The fourth-order valence-electron chi connectivity index (χ4n) is 2.44. The van der Waals surface area contributed by atoms with Crippen molar-refractivity contribution >= 4 is 25.8 Å². The van der Waals surface area contributed by atoms with Crippen molar-refractivity contribution in [1.29, 1.82) is 0 Å². The molecule has 0 spiro atoms. The number of hydrogen-bond donors (Lipinski definition) is 2. The molecule has 0 aliphatic carbocycles. The lowest BCUT2D eigenvalue weighted by atomic mass is 10.1. The smallest absolute Gasteiger partial charge is 0.244 e. The van der Waals surface area contributed by atoms with Gasteiger partial charge in [0.2, 0.25) is 15.9 Å². The van der Waals surface area contributed by atoms with Crippen LogP contribution in [0.5, 0.6) is 0 Å². The Morgan fingerprint density at radius 3 is 2.07 bits per heavy atom. The first kappa shape index (κ1) is 22.0. The predicted molar refractivity (Wildman–Crippen MR) is 102 cm³/mol. The van der Waals surface area contributed by atoms with Crippen LogP contribution in [0.4, 0.5) is 4.39 Å². The molecule has 0 radical (unpaired) electrons. The molecule has 0 heterocycles. The van der Waals surface area contributed by atoms with Crippen LogP contribution >= 0.6 is 0 Å². The molecule has 0 aliphatic rings. The Bertz CT molecular complexity index is 1070. The molecule has 2 rings (SSSR count). The fraction of sp³-hybridized carbons (Fsp3) is 0.278. The van der Waals surface area contributed by atoms with E-state index in [1.807, 2.05) is 0 Å². The number of carbonyl (C=O) groups is 1. The van der Waals surface area contributed by atoms with Crippen LogP contribution in [-0.2, 0) is 24.7 Å². The lowest BCUT2D eigenvalue weighted by Gasteiger charge is -2.19. The summed E-state index contributed by atoms with van der Waals surface area (Å²) in [4.78, 5) is 11.9. The summed E-state index contributed by atoms with van der Waals surface area (Å²) in [5, 5.41) is 2.63. The summed E-state index contributed by atoms with van der Waals surface area (Å²) in [6.45, 7) is 3.01. The lowest BCUT2D eigenvalue weighted by Crippen LogP contribution is -2.45. The van der Waals surface area contributed by atoms with E-state index in [1.54, 1.807) is 19.1 Å². The van der Waals surface area contributed by atoms with Gasteiger partial charge in [-0.15, -0.1) is 0 Å². The Morgan fingerprint density at radius 2 is 1.54 bits per heavy atom. The zero-order valence-corrected chi connectivity index (χ0v) is 17.1. The topological polar surface area (TPSA) is 109 Å². The molecule has 0 aromatic heterocycles. The molecule has 152 valence electrons. The third-order valence-electron chi connectivity index (χ3n) is 4.02. The first-order valence-electron chi connectivity index (χ1n) is 8.29. The Morgan fingerprint density at radius 1 is 0.964 bits per heavy atom. The van der Waals surface area contributed by atoms with Crippen LogP contribution in [0.25, 0.3) is 0 Å². The highest BCUT2D eigenvalue weighted by molar-refractivity contribution is 7.90. The van der Waals surface area contributed by atoms with Gasteiger partial charge >= 0.3 is 0 Å². The van der Waals surface area contributed by atoms with E-state index in [-0.39, 0.29) is 4.90 Å². The van der Waals surface area contributed by atoms with Crippen molar-refractivity contribution in [2.45, 2.75) is 35.7 Å². The van der Waals surface area contributed by atoms with Crippen LogP contribution in [0.2, 0.25) is 0 Å². The highest BCUT2D eigenvalue weighted by Gasteiger charge is 2.25. The summed E-state index contributed by atoms with van der Waals surface area (Å²) in [7, 11) is -7.54. The van der Waals surface area contributed by atoms with Crippen LogP contribution in [0.3, 0.4) is 0 Å². The monoisotopic (exact) mass is 428 g/mol. The second kappa shape index (κ2) is 8.38. The molecule has 0 bridgehead atoms. The summed E-state index contributed by atoms with van der Waals surface area (Å²) >= 11 is 0. The highest BCUT2D eigenvalue weighted by Crippen LogP contribution is 2.17. The van der Waals surface area contributed by atoms with Crippen molar-refractivity contribution in [3.63, 3.8) is 0 Å². The van der Waals surface area contributed by atoms with Crippen LogP contribution in [0, 0.1) is 5.82 Å².